The first-order chi connectivity index (χ1) is 14.3. The van der Waals surface area contributed by atoms with Gasteiger partial charge < -0.3 is 14.2 Å². The molecule has 0 amide bonds. The molecule has 9 heteroatoms. The number of nitrogens with zero attached hydrogens (tertiary/aromatic N) is 1. The molecule has 0 saturated heterocycles. The number of rotatable bonds is 9. The summed E-state index contributed by atoms with van der Waals surface area (Å²) in [6, 6.07) is 10.4. The fourth-order valence-corrected chi connectivity index (χ4v) is 4.35. The van der Waals surface area contributed by atoms with Crippen LogP contribution in [0.15, 0.2) is 47.4 Å². The molecule has 0 spiro atoms. The van der Waals surface area contributed by atoms with E-state index in [9.17, 15) is 18.0 Å². The summed E-state index contributed by atoms with van der Waals surface area (Å²) >= 11 is 0. The van der Waals surface area contributed by atoms with E-state index in [2.05, 4.69) is 0 Å². The number of aryl methyl sites for hydroxylation is 1. The zero-order valence-electron chi connectivity index (χ0n) is 17.4. The minimum Gasteiger partial charge on any atom is -0.496 e. The van der Waals surface area contributed by atoms with E-state index >= 15 is 0 Å². The number of benzene rings is 2. The molecule has 0 N–H and O–H groups in total. The highest BCUT2D eigenvalue weighted by Crippen LogP contribution is 2.30. The van der Waals surface area contributed by atoms with E-state index in [0.29, 0.717) is 11.3 Å². The Bertz CT molecular complexity index is 1020. The second-order valence-corrected chi connectivity index (χ2v) is 8.05. The standard InChI is InChI=1S/C21H25NO7S/c1-5-28-20(23)14-22(18-10-8-7-9-17(18)21(24)29-6-2)30(25,26)16-11-12-19(27-4)15(3)13-16/h7-13H,5-6,14H2,1-4H3. The van der Waals surface area contributed by atoms with Gasteiger partial charge in [0.1, 0.15) is 12.3 Å². The molecule has 0 heterocycles. The molecule has 0 aliphatic heterocycles. The zero-order valence-corrected chi connectivity index (χ0v) is 18.2. The van der Waals surface area contributed by atoms with Crippen molar-refractivity contribution in [3.63, 3.8) is 0 Å². The summed E-state index contributed by atoms with van der Waals surface area (Å²) in [5.74, 6) is -0.911. The number of para-hydroxylation sites is 1. The normalized spacial score (nSPS) is 10.9. The average molecular weight is 435 g/mol. The smallest absolute Gasteiger partial charge is 0.340 e. The van der Waals surface area contributed by atoms with E-state index < -0.39 is 28.5 Å². The van der Waals surface area contributed by atoms with Crippen LogP contribution in [0.2, 0.25) is 0 Å². The first-order valence-corrected chi connectivity index (χ1v) is 10.8. The van der Waals surface area contributed by atoms with Crippen molar-refractivity contribution in [3.05, 3.63) is 53.6 Å². The summed E-state index contributed by atoms with van der Waals surface area (Å²) in [7, 11) is -2.73. The topological polar surface area (TPSA) is 99.2 Å². The number of ether oxygens (including phenoxy) is 3. The van der Waals surface area contributed by atoms with Gasteiger partial charge >= 0.3 is 11.9 Å². The summed E-state index contributed by atoms with van der Waals surface area (Å²) in [5, 5.41) is 0. The maximum atomic E-state index is 13.5. The van der Waals surface area contributed by atoms with Gasteiger partial charge in [0.2, 0.25) is 0 Å². The largest absolute Gasteiger partial charge is 0.496 e. The molecular formula is C21H25NO7S. The van der Waals surface area contributed by atoms with Crippen LogP contribution < -0.4 is 9.04 Å². The predicted octanol–water partition coefficient (Wildman–Crippen LogP) is 2.94. The van der Waals surface area contributed by atoms with Crippen molar-refractivity contribution in [2.45, 2.75) is 25.7 Å². The molecule has 2 aromatic carbocycles. The monoisotopic (exact) mass is 435 g/mol. The number of carbonyl (C=O) groups is 2. The summed E-state index contributed by atoms with van der Waals surface area (Å²) < 4.78 is 43.0. The molecule has 162 valence electrons. The Labute approximate surface area is 176 Å². The first-order valence-electron chi connectivity index (χ1n) is 9.35. The zero-order chi connectivity index (χ0) is 22.3. The maximum absolute atomic E-state index is 13.5. The first kappa shape index (κ1) is 23.2. The van der Waals surface area contributed by atoms with Gasteiger partial charge in [0.05, 0.1) is 36.5 Å². The van der Waals surface area contributed by atoms with Gasteiger partial charge in [-0.2, -0.15) is 0 Å². The lowest BCUT2D eigenvalue weighted by Gasteiger charge is -2.25. The number of methoxy groups -OCH3 is 1. The summed E-state index contributed by atoms with van der Waals surface area (Å²) in [5.41, 5.74) is 0.656. The summed E-state index contributed by atoms with van der Waals surface area (Å²) in [6.45, 7) is 4.59. The van der Waals surface area contributed by atoms with Crippen LogP contribution in [0.1, 0.15) is 29.8 Å². The van der Waals surface area contributed by atoms with Crippen LogP contribution in [0, 0.1) is 6.92 Å². The van der Waals surface area contributed by atoms with E-state index in [0.717, 1.165) is 4.31 Å². The molecule has 0 saturated carbocycles. The molecule has 8 nitrogen and oxygen atoms in total. The molecule has 2 rings (SSSR count). The third-order valence-corrected chi connectivity index (χ3v) is 5.96. The summed E-state index contributed by atoms with van der Waals surface area (Å²) in [4.78, 5) is 24.6. The van der Waals surface area contributed by atoms with Crippen LogP contribution in [0.5, 0.6) is 5.75 Å². The van der Waals surface area contributed by atoms with Crippen molar-refractivity contribution in [3.8, 4) is 5.75 Å². The van der Waals surface area contributed by atoms with Crippen LogP contribution in [0.4, 0.5) is 5.69 Å². The van der Waals surface area contributed by atoms with Crippen LogP contribution >= 0.6 is 0 Å². The Morgan fingerprint density at radius 2 is 1.67 bits per heavy atom. The molecule has 0 aliphatic carbocycles. The molecule has 0 fully saturated rings. The van der Waals surface area contributed by atoms with Gasteiger partial charge in [0.15, 0.2) is 0 Å². The highest BCUT2D eigenvalue weighted by atomic mass is 32.2. The minimum absolute atomic E-state index is 0.0254. The van der Waals surface area contributed by atoms with Crippen molar-refractivity contribution >= 4 is 27.6 Å². The van der Waals surface area contributed by atoms with Crippen LogP contribution in [0.25, 0.3) is 0 Å². The van der Waals surface area contributed by atoms with Gasteiger partial charge in [-0.1, -0.05) is 12.1 Å². The molecule has 2 aromatic rings. The Kier molecular flexibility index (Phi) is 7.82. The number of sulfonamides is 1. The van der Waals surface area contributed by atoms with Crippen molar-refractivity contribution in [1.29, 1.82) is 0 Å². The number of anilines is 1. The van der Waals surface area contributed by atoms with E-state index in [-0.39, 0.29) is 29.4 Å². The lowest BCUT2D eigenvalue weighted by atomic mass is 10.2. The van der Waals surface area contributed by atoms with Crippen LogP contribution in [-0.2, 0) is 24.3 Å². The Balaban J connectivity index is 2.63. The SMILES string of the molecule is CCOC(=O)CN(c1ccccc1C(=O)OCC)S(=O)(=O)c1ccc(OC)c(C)c1. The molecule has 0 radical (unpaired) electrons. The molecule has 0 unspecified atom stereocenters. The highest BCUT2D eigenvalue weighted by molar-refractivity contribution is 7.92. The third kappa shape index (κ3) is 5.10. The second-order valence-electron chi connectivity index (χ2n) is 6.19. The molecular weight excluding hydrogens is 410 g/mol. The van der Waals surface area contributed by atoms with Crippen molar-refractivity contribution in [1.82, 2.24) is 0 Å². The van der Waals surface area contributed by atoms with Crippen molar-refractivity contribution in [2.75, 3.05) is 31.2 Å². The van der Waals surface area contributed by atoms with Crippen molar-refractivity contribution < 1.29 is 32.2 Å². The number of hydrogen-bond acceptors (Lipinski definition) is 7. The third-order valence-electron chi connectivity index (χ3n) is 4.20. The van der Waals surface area contributed by atoms with Gasteiger partial charge in [-0.15, -0.1) is 0 Å². The average Bonchev–Trinajstić information content (AvgIpc) is 2.72. The fourth-order valence-electron chi connectivity index (χ4n) is 2.83. The lowest BCUT2D eigenvalue weighted by Crippen LogP contribution is -2.37. The van der Waals surface area contributed by atoms with E-state index in [1.54, 1.807) is 32.9 Å². The molecule has 0 bridgehead atoms. The Morgan fingerprint density at radius 1 is 1.00 bits per heavy atom. The van der Waals surface area contributed by atoms with Crippen molar-refractivity contribution in [2.24, 2.45) is 0 Å². The Morgan fingerprint density at radius 3 is 2.27 bits per heavy atom. The number of esters is 2. The predicted molar refractivity (Wildman–Crippen MR) is 111 cm³/mol. The van der Waals surface area contributed by atoms with E-state index in [1.165, 1.54) is 37.4 Å². The quantitative estimate of drug-likeness (QED) is 0.558. The van der Waals surface area contributed by atoms with Gasteiger partial charge in [-0.25, -0.2) is 13.2 Å². The minimum atomic E-state index is -4.22. The Hall–Kier alpha value is -3.07. The molecule has 0 atom stereocenters. The van der Waals surface area contributed by atoms with E-state index in [4.69, 9.17) is 14.2 Å². The van der Waals surface area contributed by atoms with Crippen LogP contribution in [-0.4, -0.2) is 47.2 Å². The van der Waals surface area contributed by atoms with Crippen LogP contribution in [0.3, 0.4) is 0 Å². The second kappa shape index (κ2) is 10.1. The molecule has 30 heavy (non-hydrogen) atoms. The lowest BCUT2D eigenvalue weighted by molar-refractivity contribution is -0.141. The van der Waals surface area contributed by atoms with Gasteiger partial charge in [-0.05, 0) is 56.7 Å². The maximum Gasteiger partial charge on any atom is 0.340 e. The summed E-state index contributed by atoms with van der Waals surface area (Å²) in [6.07, 6.45) is 0. The van der Waals surface area contributed by atoms with Gasteiger partial charge in [0, 0.05) is 0 Å². The number of hydrogen-bond donors (Lipinski definition) is 0. The molecule has 0 aromatic heterocycles. The molecule has 0 aliphatic rings. The van der Waals surface area contributed by atoms with E-state index in [1.807, 2.05) is 0 Å². The van der Waals surface area contributed by atoms with Gasteiger partial charge in [-0.3, -0.25) is 9.10 Å². The fraction of sp³-hybridized carbons (Fsp3) is 0.333. The van der Waals surface area contributed by atoms with Gasteiger partial charge in [0.25, 0.3) is 10.0 Å². The number of carbonyl (C=O) groups excluding carboxylic acids is 2. The highest BCUT2D eigenvalue weighted by Gasteiger charge is 2.31.